The van der Waals surface area contributed by atoms with Gasteiger partial charge in [0.05, 0.1) is 23.9 Å². The van der Waals surface area contributed by atoms with Gasteiger partial charge in [-0.1, -0.05) is 18.9 Å². The van der Waals surface area contributed by atoms with Crippen LogP contribution in [-0.2, 0) is 4.74 Å². The zero-order chi connectivity index (χ0) is 16.1. The van der Waals surface area contributed by atoms with E-state index < -0.39 is 11.9 Å². The van der Waals surface area contributed by atoms with Gasteiger partial charge >= 0.3 is 5.97 Å². The van der Waals surface area contributed by atoms with Crippen LogP contribution in [0, 0.1) is 6.92 Å². The number of thiol groups is 1. The molecule has 0 fully saturated rings. The van der Waals surface area contributed by atoms with Crippen molar-refractivity contribution in [3.63, 3.8) is 0 Å². The summed E-state index contributed by atoms with van der Waals surface area (Å²) in [6.45, 7) is 1.90. The first-order valence-electron chi connectivity index (χ1n) is 6.41. The number of esters is 1. The number of carbonyl (C=O) groups is 2. The lowest BCUT2D eigenvalue weighted by Gasteiger charge is -2.10. The number of nitrogens with one attached hydrogen (secondary N) is 2. The van der Waals surface area contributed by atoms with Gasteiger partial charge in [-0.05, 0) is 36.8 Å². The monoisotopic (exact) mass is 317 g/mol. The van der Waals surface area contributed by atoms with E-state index in [1.807, 2.05) is 13.0 Å². The smallest absolute Gasteiger partial charge is 0.337 e. The second kappa shape index (κ2) is 6.95. The molecular weight excluding hydrogens is 302 g/mol. The lowest BCUT2D eigenvalue weighted by molar-refractivity contribution is 0.0601. The fourth-order valence-electron chi connectivity index (χ4n) is 1.80. The first-order valence-corrected chi connectivity index (χ1v) is 6.86. The molecule has 2 N–H and O–H groups in total. The minimum atomic E-state index is -0.520. The second-order valence-electron chi connectivity index (χ2n) is 4.54. The Morgan fingerprint density at radius 3 is 2.59 bits per heavy atom. The van der Waals surface area contributed by atoms with Gasteiger partial charge in [-0.25, -0.2) is 9.78 Å². The van der Waals surface area contributed by atoms with Crippen molar-refractivity contribution in [2.45, 2.75) is 6.92 Å². The van der Waals surface area contributed by atoms with Crippen molar-refractivity contribution in [2.24, 2.45) is 0 Å². The summed E-state index contributed by atoms with van der Waals surface area (Å²) in [6, 6.07) is 8.10. The average molecular weight is 317 g/mol. The van der Waals surface area contributed by atoms with Crippen LogP contribution in [0.15, 0.2) is 36.5 Å². The van der Waals surface area contributed by atoms with Crippen molar-refractivity contribution in [3.8, 4) is 0 Å². The van der Waals surface area contributed by atoms with Crippen molar-refractivity contribution in [3.05, 3.63) is 53.2 Å². The molecule has 2 aromatic rings. The lowest BCUT2D eigenvalue weighted by atomic mass is 10.1. The number of rotatable bonds is 4. The quantitative estimate of drug-likeness (QED) is 0.597. The van der Waals surface area contributed by atoms with Gasteiger partial charge < -0.3 is 14.8 Å². The number of benzene rings is 1. The molecule has 0 saturated carbocycles. The number of carbonyl (C=O) groups excluding carboxylic acids is 2. The molecule has 6 nitrogen and oxygen atoms in total. The molecule has 1 amide bonds. The van der Waals surface area contributed by atoms with Crippen molar-refractivity contribution < 1.29 is 14.3 Å². The Hall–Kier alpha value is -2.54. The van der Waals surface area contributed by atoms with Crippen LogP contribution in [0.4, 0.5) is 11.5 Å². The molecule has 7 heteroatoms. The maximum atomic E-state index is 12.4. The van der Waals surface area contributed by atoms with Crippen LogP contribution < -0.4 is 10.0 Å². The number of hydrogen-bond acceptors (Lipinski definition) is 6. The van der Waals surface area contributed by atoms with Gasteiger partial charge in [-0.15, -0.1) is 0 Å². The first kappa shape index (κ1) is 15.8. The predicted molar refractivity (Wildman–Crippen MR) is 87.3 cm³/mol. The minimum Gasteiger partial charge on any atom is -0.465 e. The summed E-state index contributed by atoms with van der Waals surface area (Å²) >= 11 is 3.96. The Morgan fingerprint density at radius 1 is 1.23 bits per heavy atom. The molecule has 0 atom stereocenters. The molecule has 0 bridgehead atoms. The Bertz CT molecular complexity index is 702. The fourth-order valence-corrected chi connectivity index (χ4v) is 1.99. The van der Waals surface area contributed by atoms with Crippen LogP contribution in [0.5, 0.6) is 0 Å². The molecular formula is C15H15N3O3S. The standard InChI is InChI=1S/C15H15N3O3S/c1-9-3-6-13(16-8-9)17-14(19)11-7-10(15(20)21-2)4-5-12(11)18-22/h3-8,18,22H,1-2H3,(H,16,17,19). The molecule has 0 radical (unpaired) electrons. The topological polar surface area (TPSA) is 80.3 Å². The third-order valence-electron chi connectivity index (χ3n) is 2.96. The van der Waals surface area contributed by atoms with E-state index in [1.54, 1.807) is 24.4 Å². The Morgan fingerprint density at radius 2 is 2.00 bits per heavy atom. The average Bonchev–Trinajstić information content (AvgIpc) is 2.55. The molecule has 0 aliphatic rings. The summed E-state index contributed by atoms with van der Waals surface area (Å²) in [4.78, 5) is 28.1. The Kier molecular flexibility index (Phi) is 5.00. The number of anilines is 2. The zero-order valence-electron chi connectivity index (χ0n) is 12.1. The van der Waals surface area contributed by atoms with Gasteiger partial charge in [0.15, 0.2) is 0 Å². The number of pyridine rings is 1. The summed E-state index contributed by atoms with van der Waals surface area (Å²) in [6.07, 6.45) is 1.65. The van der Waals surface area contributed by atoms with E-state index in [9.17, 15) is 9.59 Å². The highest BCUT2D eigenvalue weighted by molar-refractivity contribution is 7.81. The van der Waals surface area contributed by atoms with Crippen LogP contribution in [0.2, 0.25) is 0 Å². The number of ether oxygens (including phenoxy) is 1. The van der Waals surface area contributed by atoms with Crippen LogP contribution in [0.3, 0.4) is 0 Å². The van der Waals surface area contributed by atoms with Crippen LogP contribution in [0.25, 0.3) is 0 Å². The van der Waals surface area contributed by atoms with E-state index in [0.29, 0.717) is 11.5 Å². The SMILES string of the molecule is COC(=O)c1ccc(NS)c(C(=O)Nc2ccc(C)cn2)c1. The summed E-state index contributed by atoms with van der Waals surface area (Å²) in [5.41, 5.74) is 2.00. The van der Waals surface area contributed by atoms with Gasteiger partial charge in [0.25, 0.3) is 5.91 Å². The normalized spacial score (nSPS) is 9.95. The minimum absolute atomic E-state index is 0.264. The van der Waals surface area contributed by atoms with Crippen LogP contribution in [-0.4, -0.2) is 24.0 Å². The van der Waals surface area contributed by atoms with E-state index in [1.165, 1.54) is 13.2 Å². The predicted octanol–water partition coefficient (Wildman–Crippen LogP) is 2.69. The highest BCUT2D eigenvalue weighted by Gasteiger charge is 2.15. The zero-order valence-corrected chi connectivity index (χ0v) is 13.0. The molecule has 22 heavy (non-hydrogen) atoms. The third kappa shape index (κ3) is 3.56. The fraction of sp³-hybridized carbons (Fsp3) is 0.133. The Labute approximate surface area is 133 Å². The van der Waals surface area contributed by atoms with E-state index in [4.69, 9.17) is 0 Å². The van der Waals surface area contributed by atoms with Crippen molar-refractivity contribution in [1.82, 2.24) is 4.98 Å². The van der Waals surface area contributed by atoms with Crippen molar-refractivity contribution in [2.75, 3.05) is 17.1 Å². The van der Waals surface area contributed by atoms with Crippen LogP contribution in [0.1, 0.15) is 26.3 Å². The molecule has 1 aromatic carbocycles. The number of methoxy groups -OCH3 is 1. The molecule has 0 saturated heterocycles. The number of hydrogen-bond donors (Lipinski definition) is 3. The van der Waals surface area contributed by atoms with Gasteiger partial charge in [-0.2, -0.15) is 0 Å². The van der Waals surface area contributed by atoms with E-state index >= 15 is 0 Å². The molecule has 114 valence electrons. The van der Waals surface area contributed by atoms with Gasteiger partial charge in [0.1, 0.15) is 5.82 Å². The Balaban J connectivity index is 2.30. The lowest BCUT2D eigenvalue weighted by Crippen LogP contribution is -2.15. The van der Waals surface area contributed by atoms with Crippen molar-refractivity contribution >= 4 is 36.2 Å². The van der Waals surface area contributed by atoms with Crippen molar-refractivity contribution in [1.29, 1.82) is 0 Å². The molecule has 1 heterocycles. The molecule has 0 spiro atoms. The maximum Gasteiger partial charge on any atom is 0.337 e. The number of aromatic nitrogens is 1. The number of amides is 1. The summed E-state index contributed by atoms with van der Waals surface area (Å²) in [5, 5.41) is 2.67. The summed E-state index contributed by atoms with van der Waals surface area (Å²) < 4.78 is 7.27. The van der Waals surface area contributed by atoms with E-state index in [-0.39, 0.29) is 11.1 Å². The van der Waals surface area contributed by atoms with E-state index in [0.717, 1.165) is 5.56 Å². The molecule has 0 aliphatic heterocycles. The highest BCUT2D eigenvalue weighted by Crippen LogP contribution is 2.20. The molecule has 0 unspecified atom stereocenters. The van der Waals surface area contributed by atoms with Gasteiger partial charge in [0.2, 0.25) is 0 Å². The first-order chi connectivity index (χ1) is 10.5. The maximum absolute atomic E-state index is 12.4. The third-order valence-corrected chi connectivity index (χ3v) is 3.20. The number of aryl methyl sites for hydroxylation is 1. The molecule has 2 rings (SSSR count). The molecule has 1 aromatic heterocycles. The second-order valence-corrected chi connectivity index (χ2v) is 4.76. The van der Waals surface area contributed by atoms with Gasteiger partial charge in [0, 0.05) is 6.20 Å². The number of nitrogens with zero attached hydrogens (tertiary/aromatic N) is 1. The van der Waals surface area contributed by atoms with Crippen LogP contribution >= 0.6 is 12.8 Å². The summed E-state index contributed by atoms with van der Waals surface area (Å²) in [5.74, 6) is -0.504. The van der Waals surface area contributed by atoms with E-state index in [2.05, 4.69) is 32.6 Å². The molecule has 0 aliphatic carbocycles. The summed E-state index contributed by atoms with van der Waals surface area (Å²) in [7, 11) is 1.28. The van der Waals surface area contributed by atoms with Gasteiger partial charge in [-0.3, -0.25) is 4.79 Å². The highest BCUT2D eigenvalue weighted by atomic mass is 32.1. The largest absolute Gasteiger partial charge is 0.465 e.